The number of fused-ring (bicyclic) bond motifs is 1. The van der Waals surface area contributed by atoms with Gasteiger partial charge in [0.1, 0.15) is 0 Å². The molecule has 0 saturated heterocycles. The molecule has 3 rings (SSSR count). The van der Waals surface area contributed by atoms with E-state index < -0.39 is 5.97 Å². The van der Waals surface area contributed by atoms with Crippen LogP contribution in [0.1, 0.15) is 17.7 Å². The number of carbonyl (C=O) groups is 1. The number of hydrogen-bond acceptors (Lipinski definition) is 4. The molecule has 0 bridgehead atoms. The van der Waals surface area contributed by atoms with E-state index in [1.54, 1.807) is 17.1 Å². The van der Waals surface area contributed by atoms with Gasteiger partial charge in [-0.25, -0.2) is 9.97 Å². The van der Waals surface area contributed by atoms with Crippen LogP contribution in [0.25, 0.3) is 11.4 Å². The maximum absolute atomic E-state index is 11.0. The van der Waals surface area contributed by atoms with E-state index in [9.17, 15) is 4.79 Å². The van der Waals surface area contributed by atoms with Crippen LogP contribution in [0, 0.1) is 5.92 Å². The quantitative estimate of drug-likeness (QED) is 0.871. The zero-order valence-corrected chi connectivity index (χ0v) is 10.6. The summed E-state index contributed by atoms with van der Waals surface area (Å²) in [5, 5.41) is 13.1. The second-order valence-electron chi connectivity index (χ2n) is 4.85. The Balaban J connectivity index is 1.91. The Hall–Kier alpha value is -2.24. The highest BCUT2D eigenvalue weighted by atomic mass is 16.4. The Bertz CT molecular complexity index is 635. The van der Waals surface area contributed by atoms with Crippen molar-refractivity contribution in [1.82, 2.24) is 19.7 Å². The van der Waals surface area contributed by atoms with E-state index in [4.69, 9.17) is 5.11 Å². The van der Waals surface area contributed by atoms with Gasteiger partial charge in [0.25, 0.3) is 0 Å². The normalized spacial score (nSPS) is 18.1. The fourth-order valence-corrected chi connectivity index (χ4v) is 2.39. The summed E-state index contributed by atoms with van der Waals surface area (Å²) in [6.07, 6.45) is 7.21. The number of hydrogen-bond donors (Lipinski definition) is 1. The Morgan fingerprint density at radius 3 is 3.00 bits per heavy atom. The SMILES string of the molecule is Cn1cc(-c2ncc3c(n2)CCC(C(=O)O)C3)cn1. The average Bonchev–Trinajstić information content (AvgIpc) is 2.84. The third-order valence-electron chi connectivity index (χ3n) is 3.46. The summed E-state index contributed by atoms with van der Waals surface area (Å²) in [6.45, 7) is 0. The fourth-order valence-electron chi connectivity index (χ4n) is 2.39. The number of carboxylic acid groups (broad SMARTS) is 1. The number of nitrogens with zero attached hydrogens (tertiary/aromatic N) is 4. The van der Waals surface area contributed by atoms with Crippen LogP contribution >= 0.6 is 0 Å². The lowest BCUT2D eigenvalue weighted by Crippen LogP contribution is -2.23. The Labute approximate surface area is 110 Å². The first-order chi connectivity index (χ1) is 9.13. The summed E-state index contributed by atoms with van der Waals surface area (Å²) in [6, 6.07) is 0. The van der Waals surface area contributed by atoms with E-state index in [-0.39, 0.29) is 5.92 Å². The molecule has 0 amide bonds. The van der Waals surface area contributed by atoms with Crippen molar-refractivity contribution in [3.8, 4) is 11.4 Å². The van der Waals surface area contributed by atoms with Gasteiger partial charge in [-0.3, -0.25) is 9.48 Å². The predicted molar refractivity (Wildman–Crippen MR) is 67.4 cm³/mol. The molecule has 2 heterocycles. The molecule has 6 heteroatoms. The van der Waals surface area contributed by atoms with Gasteiger partial charge in [-0.05, 0) is 24.8 Å². The smallest absolute Gasteiger partial charge is 0.306 e. The average molecular weight is 258 g/mol. The molecular weight excluding hydrogens is 244 g/mol. The van der Waals surface area contributed by atoms with Gasteiger partial charge in [0.2, 0.25) is 0 Å². The number of aliphatic carboxylic acids is 1. The lowest BCUT2D eigenvalue weighted by Gasteiger charge is -2.20. The molecule has 0 aliphatic heterocycles. The molecule has 19 heavy (non-hydrogen) atoms. The van der Waals surface area contributed by atoms with Gasteiger partial charge in [-0.15, -0.1) is 0 Å². The van der Waals surface area contributed by atoms with Crippen molar-refractivity contribution in [2.45, 2.75) is 19.3 Å². The summed E-state index contributed by atoms with van der Waals surface area (Å²) in [7, 11) is 1.85. The second kappa shape index (κ2) is 4.46. The summed E-state index contributed by atoms with van der Waals surface area (Å²) >= 11 is 0. The van der Waals surface area contributed by atoms with Gasteiger partial charge in [0.15, 0.2) is 5.82 Å². The van der Waals surface area contributed by atoms with Gasteiger partial charge >= 0.3 is 5.97 Å². The molecule has 0 spiro atoms. The van der Waals surface area contributed by atoms with Crippen molar-refractivity contribution in [2.75, 3.05) is 0 Å². The first-order valence-corrected chi connectivity index (χ1v) is 6.20. The summed E-state index contributed by atoms with van der Waals surface area (Å²) < 4.78 is 1.71. The molecule has 6 nitrogen and oxygen atoms in total. The maximum atomic E-state index is 11.0. The van der Waals surface area contributed by atoms with E-state index in [1.165, 1.54) is 0 Å². The Kier molecular flexibility index (Phi) is 2.77. The van der Waals surface area contributed by atoms with Crippen molar-refractivity contribution in [3.05, 3.63) is 29.8 Å². The predicted octanol–water partition coefficient (Wildman–Crippen LogP) is 1.07. The number of carboxylic acids is 1. The Morgan fingerprint density at radius 1 is 1.47 bits per heavy atom. The van der Waals surface area contributed by atoms with Crippen molar-refractivity contribution in [2.24, 2.45) is 13.0 Å². The van der Waals surface area contributed by atoms with Crippen LogP contribution < -0.4 is 0 Å². The summed E-state index contributed by atoms with van der Waals surface area (Å²) in [4.78, 5) is 19.8. The molecule has 1 aliphatic carbocycles. The van der Waals surface area contributed by atoms with Gasteiger partial charge in [0, 0.05) is 25.1 Å². The molecule has 0 fully saturated rings. The van der Waals surface area contributed by atoms with Crippen molar-refractivity contribution >= 4 is 5.97 Å². The van der Waals surface area contributed by atoms with Crippen LogP contribution in [0.3, 0.4) is 0 Å². The van der Waals surface area contributed by atoms with Crippen LogP contribution in [0.4, 0.5) is 0 Å². The van der Waals surface area contributed by atoms with Gasteiger partial charge in [-0.2, -0.15) is 5.10 Å². The molecular formula is C13H14N4O2. The van der Waals surface area contributed by atoms with E-state index in [1.807, 2.05) is 13.2 Å². The van der Waals surface area contributed by atoms with Crippen molar-refractivity contribution in [3.63, 3.8) is 0 Å². The zero-order valence-electron chi connectivity index (χ0n) is 10.6. The van der Waals surface area contributed by atoms with Gasteiger partial charge in [0.05, 0.1) is 17.7 Å². The highest BCUT2D eigenvalue weighted by molar-refractivity contribution is 5.71. The molecule has 1 aliphatic rings. The molecule has 0 saturated carbocycles. The molecule has 1 N–H and O–H groups in total. The second-order valence-corrected chi connectivity index (χ2v) is 4.85. The molecule has 1 atom stereocenters. The first-order valence-electron chi connectivity index (χ1n) is 6.20. The highest BCUT2D eigenvalue weighted by Crippen LogP contribution is 2.25. The van der Waals surface area contributed by atoms with Gasteiger partial charge < -0.3 is 5.11 Å². The number of rotatable bonds is 2. The zero-order chi connectivity index (χ0) is 13.4. The fraction of sp³-hybridized carbons (Fsp3) is 0.385. The lowest BCUT2D eigenvalue weighted by atomic mass is 9.87. The molecule has 0 radical (unpaired) electrons. The number of aryl methyl sites for hydroxylation is 2. The minimum absolute atomic E-state index is 0.305. The van der Waals surface area contributed by atoms with E-state index >= 15 is 0 Å². The molecule has 2 aromatic heterocycles. The van der Waals surface area contributed by atoms with Crippen LogP contribution in [-0.4, -0.2) is 30.8 Å². The highest BCUT2D eigenvalue weighted by Gasteiger charge is 2.25. The number of aromatic nitrogens is 4. The third kappa shape index (κ3) is 2.21. The summed E-state index contributed by atoms with van der Waals surface area (Å²) in [5.74, 6) is -0.386. The standard InChI is InChI=1S/C13H14N4O2/c1-17-7-10(6-15-17)12-14-5-9-4-8(13(18)19)2-3-11(9)16-12/h5-8H,2-4H2,1H3,(H,18,19). The van der Waals surface area contributed by atoms with Gasteiger partial charge in [-0.1, -0.05) is 0 Å². The molecule has 98 valence electrons. The topological polar surface area (TPSA) is 80.9 Å². The van der Waals surface area contributed by atoms with E-state index in [0.29, 0.717) is 25.1 Å². The monoisotopic (exact) mass is 258 g/mol. The molecule has 1 unspecified atom stereocenters. The van der Waals surface area contributed by atoms with Crippen molar-refractivity contribution < 1.29 is 9.90 Å². The minimum atomic E-state index is -0.734. The first kappa shape index (κ1) is 11.8. The molecule has 2 aromatic rings. The van der Waals surface area contributed by atoms with Crippen LogP contribution in [0.2, 0.25) is 0 Å². The minimum Gasteiger partial charge on any atom is -0.481 e. The van der Waals surface area contributed by atoms with Crippen LogP contribution in [-0.2, 0) is 24.7 Å². The summed E-state index contributed by atoms with van der Waals surface area (Å²) in [5.41, 5.74) is 2.79. The maximum Gasteiger partial charge on any atom is 0.306 e. The van der Waals surface area contributed by atoms with Crippen LogP contribution in [0.15, 0.2) is 18.6 Å². The largest absolute Gasteiger partial charge is 0.481 e. The molecule has 0 aromatic carbocycles. The van der Waals surface area contributed by atoms with Crippen molar-refractivity contribution in [1.29, 1.82) is 0 Å². The Morgan fingerprint density at radius 2 is 2.32 bits per heavy atom. The van der Waals surface area contributed by atoms with E-state index in [2.05, 4.69) is 15.1 Å². The lowest BCUT2D eigenvalue weighted by molar-refractivity contribution is -0.142. The van der Waals surface area contributed by atoms with Crippen LogP contribution in [0.5, 0.6) is 0 Å². The van der Waals surface area contributed by atoms with E-state index in [0.717, 1.165) is 16.8 Å². The third-order valence-corrected chi connectivity index (χ3v) is 3.46.